The number of aromatic nitrogens is 2. The molecule has 0 unspecified atom stereocenters. The molecule has 2 aromatic heterocycles. The predicted octanol–water partition coefficient (Wildman–Crippen LogP) is 6.27. The van der Waals surface area contributed by atoms with E-state index in [1.807, 2.05) is 11.5 Å². The van der Waals surface area contributed by atoms with E-state index >= 15 is 0 Å². The molecule has 10 nitrogen and oxygen atoms in total. The standard InChI is InChI=1S/C30H37F3N4O6S/c1-8-9-14-37-21-16-34-13-12-23(21)44-26(37)35-24(38)20-15-19(30(31,32)33)10-11-22(20)41-17-18(2)42-25(39)29(6,7)36-27(40)43-28(3,4)5/h10-13,15-16,18H,8-9,14,17H2,1-7H3,(H,36,40)/b35-26-/t18-/m0/s1. The maximum absolute atomic E-state index is 13.6. The van der Waals surface area contributed by atoms with E-state index in [2.05, 4.69) is 15.3 Å². The van der Waals surface area contributed by atoms with Crippen molar-refractivity contribution in [2.75, 3.05) is 6.61 Å². The van der Waals surface area contributed by atoms with E-state index < -0.39 is 52.5 Å². The van der Waals surface area contributed by atoms with Crippen LogP contribution in [0.5, 0.6) is 5.75 Å². The van der Waals surface area contributed by atoms with Crippen molar-refractivity contribution in [3.8, 4) is 5.75 Å². The van der Waals surface area contributed by atoms with Crippen molar-refractivity contribution < 1.29 is 41.8 Å². The first kappa shape index (κ1) is 34.5. The Morgan fingerprint density at radius 3 is 2.45 bits per heavy atom. The largest absolute Gasteiger partial charge is 0.489 e. The number of alkyl halides is 3. The van der Waals surface area contributed by atoms with Crippen LogP contribution in [0.1, 0.15) is 77.2 Å². The zero-order valence-electron chi connectivity index (χ0n) is 25.7. The van der Waals surface area contributed by atoms with Crippen LogP contribution in [0.25, 0.3) is 10.2 Å². The fourth-order valence-corrected chi connectivity index (χ4v) is 4.88. The summed E-state index contributed by atoms with van der Waals surface area (Å²) >= 11 is 1.22. The molecule has 14 heteroatoms. The van der Waals surface area contributed by atoms with Crippen LogP contribution in [0.15, 0.2) is 41.7 Å². The van der Waals surface area contributed by atoms with Gasteiger partial charge in [0, 0.05) is 12.7 Å². The van der Waals surface area contributed by atoms with Crippen LogP contribution in [0, 0.1) is 0 Å². The molecule has 0 fully saturated rings. The first-order valence-electron chi connectivity index (χ1n) is 14.0. The van der Waals surface area contributed by atoms with E-state index in [1.165, 1.54) is 32.1 Å². The molecule has 0 saturated heterocycles. The first-order chi connectivity index (χ1) is 20.4. The van der Waals surface area contributed by atoms with E-state index in [4.69, 9.17) is 14.2 Å². The average molecular weight is 639 g/mol. The number of aryl methyl sites for hydroxylation is 1. The zero-order valence-corrected chi connectivity index (χ0v) is 26.5. The second-order valence-electron chi connectivity index (χ2n) is 11.6. The smallest absolute Gasteiger partial charge is 0.416 e. The molecule has 3 rings (SSSR count). The number of ether oxygens (including phenoxy) is 3. The Bertz CT molecular complexity index is 1570. The summed E-state index contributed by atoms with van der Waals surface area (Å²) in [6.07, 6.45) is -1.51. The van der Waals surface area contributed by atoms with Gasteiger partial charge in [-0.05, 0) is 72.2 Å². The van der Waals surface area contributed by atoms with E-state index in [1.54, 1.807) is 39.2 Å². The predicted molar refractivity (Wildman–Crippen MR) is 158 cm³/mol. The molecule has 3 aromatic rings. The number of hydrogen-bond acceptors (Lipinski definition) is 8. The number of thiazole rings is 1. The Labute approximate surface area is 257 Å². The molecule has 1 N–H and O–H groups in total. The maximum Gasteiger partial charge on any atom is 0.416 e. The molecule has 2 amide bonds. The van der Waals surface area contributed by atoms with Crippen molar-refractivity contribution in [2.24, 2.45) is 4.99 Å². The molecule has 0 bridgehead atoms. The highest BCUT2D eigenvalue weighted by Gasteiger charge is 2.35. The van der Waals surface area contributed by atoms with Crippen LogP contribution in [0.2, 0.25) is 0 Å². The molecular weight excluding hydrogens is 601 g/mol. The Hall–Kier alpha value is -3.94. The average Bonchev–Trinajstić information content (AvgIpc) is 3.25. The fraction of sp³-hybridized carbons (Fsp3) is 0.500. The number of carbonyl (C=O) groups excluding carboxylic acids is 3. The molecule has 0 aliphatic carbocycles. The third-order valence-electron chi connectivity index (χ3n) is 6.06. The van der Waals surface area contributed by atoms with Gasteiger partial charge < -0.3 is 24.1 Å². The quantitative estimate of drug-likeness (QED) is 0.260. The molecule has 1 atom stereocenters. The maximum atomic E-state index is 13.6. The van der Waals surface area contributed by atoms with Gasteiger partial charge in [-0.1, -0.05) is 24.7 Å². The van der Waals surface area contributed by atoms with Crippen LogP contribution in [0.4, 0.5) is 18.0 Å². The molecule has 1 aromatic carbocycles. The van der Waals surface area contributed by atoms with Gasteiger partial charge in [-0.25, -0.2) is 9.59 Å². The summed E-state index contributed by atoms with van der Waals surface area (Å²) in [5.74, 6) is -1.89. The van der Waals surface area contributed by atoms with Gasteiger partial charge in [0.25, 0.3) is 5.91 Å². The molecule has 0 saturated carbocycles. The van der Waals surface area contributed by atoms with Gasteiger partial charge in [-0.15, -0.1) is 0 Å². The number of hydrogen-bond donors (Lipinski definition) is 1. The zero-order chi connectivity index (χ0) is 32.9. The number of halogens is 3. The van der Waals surface area contributed by atoms with Crippen molar-refractivity contribution in [3.05, 3.63) is 52.6 Å². The lowest BCUT2D eigenvalue weighted by Gasteiger charge is -2.28. The number of carbonyl (C=O) groups is 3. The molecule has 0 aliphatic heterocycles. The number of amides is 2. The number of rotatable bonds is 10. The minimum absolute atomic E-state index is 0.163. The fourth-order valence-electron chi connectivity index (χ4n) is 3.86. The Balaban J connectivity index is 1.85. The molecular formula is C30H37F3N4O6S. The van der Waals surface area contributed by atoms with Crippen molar-refractivity contribution in [3.63, 3.8) is 0 Å². The second kappa shape index (κ2) is 13.8. The number of fused-ring (bicyclic) bond motifs is 1. The lowest BCUT2D eigenvalue weighted by Crippen LogP contribution is -2.52. The Morgan fingerprint density at radius 1 is 1.11 bits per heavy atom. The summed E-state index contributed by atoms with van der Waals surface area (Å²) in [6.45, 7) is 11.6. The minimum Gasteiger partial charge on any atom is -0.489 e. The lowest BCUT2D eigenvalue weighted by atomic mass is 10.1. The number of unbranched alkanes of at least 4 members (excludes halogenated alkanes) is 1. The number of nitrogens with zero attached hydrogens (tertiary/aromatic N) is 3. The lowest BCUT2D eigenvalue weighted by molar-refractivity contribution is -0.156. The van der Waals surface area contributed by atoms with E-state index in [-0.39, 0.29) is 12.4 Å². The van der Waals surface area contributed by atoms with Crippen molar-refractivity contribution >= 4 is 39.5 Å². The SMILES string of the molecule is CCCCn1/c(=N/C(=O)c2cc(C(F)(F)F)ccc2OC[C@H](C)OC(=O)C(C)(C)NC(=O)OC(C)(C)C)sc2ccncc21. The van der Waals surface area contributed by atoms with Crippen LogP contribution in [-0.2, 0) is 27.0 Å². The van der Waals surface area contributed by atoms with Crippen LogP contribution >= 0.6 is 11.3 Å². The highest BCUT2D eigenvalue weighted by Crippen LogP contribution is 2.33. The summed E-state index contributed by atoms with van der Waals surface area (Å²) in [6, 6.07) is 4.30. The van der Waals surface area contributed by atoms with Gasteiger partial charge in [0.05, 0.1) is 27.5 Å². The molecule has 0 radical (unpaired) electrons. The number of pyridine rings is 1. The van der Waals surface area contributed by atoms with Crippen LogP contribution in [-0.4, -0.2) is 51.4 Å². The number of benzene rings is 1. The summed E-state index contributed by atoms with van der Waals surface area (Å²) < 4.78 is 59.7. The third kappa shape index (κ3) is 9.28. The number of nitrogens with one attached hydrogen (secondary N) is 1. The highest BCUT2D eigenvalue weighted by molar-refractivity contribution is 7.16. The van der Waals surface area contributed by atoms with E-state index in [9.17, 15) is 27.6 Å². The summed E-state index contributed by atoms with van der Waals surface area (Å²) in [5.41, 5.74) is -2.92. The number of esters is 1. The van der Waals surface area contributed by atoms with Crippen LogP contribution < -0.4 is 14.9 Å². The van der Waals surface area contributed by atoms with Crippen molar-refractivity contribution in [1.29, 1.82) is 0 Å². The molecule has 2 heterocycles. The van der Waals surface area contributed by atoms with Gasteiger partial charge in [0.1, 0.15) is 29.6 Å². The van der Waals surface area contributed by atoms with E-state index in [0.29, 0.717) is 17.4 Å². The molecule has 240 valence electrons. The van der Waals surface area contributed by atoms with Gasteiger partial charge in [0.2, 0.25) is 0 Å². The van der Waals surface area contributed by atoms with Gasteiger partial charge in [-0.3, -0.25) is 9.78 Å². The minimum atomic E-state index is -4.71. The summed E-state index contributed by atoms with van der Waals surface area (Å²) in [5, 5.41) is 2.44. The first-order valence-corrected chi connectivity index (χ1v) is 14.8. The van der Waals surface area contributed by atoms with Crippen LogP contribution in [0.3, 0.4) is 0 Å². The topological polar surface area (TPSA) is 121 Å². The van der Waals surface area contributed by atoms with Gasteiger partial charge in [0.15, 0.2) is 4.80 Å². The molecule has 44 heavy (non-hydrogen) atoms. The Kier molecular flexibility index (Phi) is 10.8. The monoisotopic (exact) mass is 638 g/mol. The van der Waals surface area contributed by atoms with Crippen molar-refractivity contribution in [1.82, 2.24) is 14.9 Å². The van der Waals surface area contributed by atoms with Gasteiger partial charge in [-0.2, -0.15) is 18.2 Å². The normalized spacial score (nSPS) is 13.5. The summed E-state index contributed by atoms with van der Waals surface area (Å²) in [4.78, 5) is 46.9. The van der Waals surface area contributed by atoms with Crippen molar-refractivity contribution in [2.45, 2.75) is 91.3 Å². The third-order valence-corrected chi connectivity index (χ3v) is 7.12. The molecule has 0 aliphatic rings. The van der Waals surface area contributed by atoms with Gasteiger partial charge >= 0.3 is 18.2 Å². The summed E-state index contributed by atoms with van der Waals surface area (Å²) in [7, 11) is 0. The Morgan fingerprint density at radius 2 is 1.82 bits per heavy atom. The highest BCUT2D eigenvalue weighted by atomic mass is 32.1. The number of alkyl carbamates (subject to hydrolysis) is 1. The van der Waals surface area contributed by atoms with E-state index in [0.717, 1.165) is 35.2 Å². The second-order valence-corrected chi connectivity index (χ2v) is 12.6. The molecule has 0 spiro atoms.